The first-order chi connectivity index (χ1) is 6.81. The minimum absolute atomic E-state index is 0.172. The normalized spacial score (nSPS) is 20.0. The van der Waals surface area contributed by atoms with Crippen LogP contribution in [0.3, 0.4) is 0 Å². The lowest BCUT2D eigenvalue weighted by atomic mass is 10.2. The van der Waals surface area contributed by atoms with Gasteiger partial charge in [-0.2, -0.15) is 0 Å². The number of aromatic hydroxyl groups is 1. The molecule has 1 aliphatic heterocycles. The van der Waals surface area contributed by atoms with Crippen LogP contribution in [0.15, 0.2) is 29.3 Å². The number of hydrogen-bond acceptors (Lipinski definition) is 4. The SMILES string of the molecule is O=CC1CN=C(c2ccccc2O)N1. The van der Waals surface area contributed by atoms with Gasteiger partial charge in [0.1, 0.15) is 23.9 Å². The molecule has 72 valence electrons. The van der Waals surface area contributed by atoms with E-state index >= 15 is 0 Å². The van der Waals surface area contributed by atoms with Crippen LogP contribution >= 0.6 is 0 Å². The summed E-state index contributed by atoms with van der Waals surface area (Å²) in [5.74, 6) is 0.755. The van der Waals surface area contributed by atoms with Crippen LogP contribution in [-0.2, 0) is 4.79 Å². The Hall–Kier alpha value is -1.84. The lowest BCUT2D eigenvalue weighted by Gasteiger charge is -2.06. The summed E-state index contributed by atoms with van der Waals surface area (Å²) in [6.45, 7) is 0.438. The van der Waals surface area contributed by atoms with E-state index in [9.17, 15) is 9.90 Å². The standard InChI is InChI=1S/C10H10N2O2/c13-6-7-5-11-10(12-7)8-3-1-2-4-9(8)14/h1-4,6-7,14H,5H2,(H,11,12). The Kier molecular flexibility index (Phi) is 2.18. The Balaban J connectivity index is 2.25. The number of phenolic OH excluding ortho intramolecular Hbond substituents is 1. The summed E-state index contributed by atoms with van der Waals surface area (Å²) in [7, 11) is 0. The Morgan fingerprint density at radius 3 is 2.93 bits per heavy atom. The maximum Gasteiger partial charge on any atom is 0.144 e. The summed E-state index contributed by atoms with van der Waals surface area (Å²) in [5, 5.41) is 12.4. The monoisotopic (exact) mass is 190 g/mol. The fraction of sp³-hybridized carbons (Fsp3) is 0.200. The van der Waals surface area contributed by atoms with Gasteiger partial charge in [0, 0.05) is 0 Å². The molecule has 0 saturated heterocycles. The van der Waals surface area contributed by atoms with Crippen molar-refractivity contribution in [1.29, 1.82) is 0 Å². The topological polar surface area (TPSA) is 61.7 Å². The van der Waals surface area contributed by atoms with Gasteiger partial charge in [-0.15, -0.1) is 0 Å². The highest BCUT2D eigenvalue weighted by Crippen LogP contribution is 2.17. The molecule has 0 aliphatic carbocycles. The highest BCUT2D eigenvalue weighted by molar-refractivity contribution is 6.03. The minimum atomic E-state index is -0.260. The minimum Gasteiger partial charge on any atom is -0.507 e. The van der Waals surface area contributed by atoms with Crippen LogP contribution in [0, 0.1) is 0 Å². The molecule has 1 aromatic rings. The van der Waals surface area contributed by atoms with E-state index in [1.54, 1.807) is 18.2 Å². The second-order valence-electron chi connectivity index (χ2n) is 3.09. The number of aliphatic imine (C=N–C) groups is 1. The molecule has 2 rings (SSSR count). The van der Waals surface area contributed by atoms with E-state index in [0.717, 1.165) is 6.29 Å². The van der Waals surface area contributed by atoms with Crippen LogP contribution < -0.4 is 5.32 Å². The first-order valence-corrected chi connectivity index (χ1v) is 4.36. The number of carbonyl (C=O) groups excluding carboxylic acids is 1. The van der Waals surface area contributed by atoms with Gasteiger partial charge in [0.15, 0.2) is 0 Å². The molecule has 0 saturated carbocycles. The van der Waals surface area contributed by atoms with Crippen LogP contribution in [0.5, 0.6) is 5.75 Å². The number of nitrogens with zero attached hydrogens (tertiary/aromatic N) is 1. The molecule has 0 aromatic heterocycles. The van der Waals surface area contributed by atoms with Crippen molar-refractivity contribution in [2.24, 2.45) is 4.99 Å². The highest BCUT2D eigenvalue weighted by Gasteiger charge is 2.19. The highest BCUT2D eigenvalue weighted by atomic mass is 16.3. The van der Waals surface area contributed by atoms with Crippen molar-refractivity contribution in [3.63, 3.8) is 0 Å². The van der Waals surface area contributed by atoms with Gasteiger partial charge in [-0.1, -0.05) is 12.1 Å². The zero-order valence-corrected chi connectivity index (χ0v) is 7.47. The number of para-hydroxylation sites is 1. The van der Waals surface area contributed by atoms with E-state index in [1.165, 1.54) is 0 Å². The third kappa shape index (κ3) is 1.46. The number of benzene rings is 1. The van der Waals surface area contributed by atoms with Gasteiger partial charge < -0.3 is 15.2 Å². The summed E-state index contributed by atoms with van der Waals surface area (Å²) < 4.78 is 0. The first kappa shape index (κ1) is 8.74. The fourth-order valence-corrected chi connectivity index (χ4v) is 1.37. The van der Waals surface area contributed by atoms with E-state index in [-0.39, 0.29) is 11.8 Å². The number of carbonyl (C=O) groups is 1. The molecule has 2 N–H and O–H groups in total. The lowest BCUT2D eigenvalue weighted by Crippen LogP contribution is -2.31. The number of amidine groups is 1. The summed E-state index contributed by atoms with van der Waals surface area (Å²) in [6.07, 6.45) is 0.816. The Morgan fingerprint density at radius 1 is 1.50 bits per heavy atom. The Morgan fingerprint density at radius 2 is 2.29 bits per heavy atom. The van der Waals surface area contributed by atoms with Crippen molar-refractivity contribution in [2.75, 3.05) is 6.54 Å². The molecule has 1 aliphatic rings. The van der Waals surface area contributed by atoms with Crippen LogP contribution in [-0.4, -0.2) is 29.8 Å². The molecule has 14 heavy (non-hydrogen) atoms. The summed E-state index contributed by atoms with van der Waals surface area (Å²) >= 11 is 0. The smallest absolute Gasteiger partial charge is 0.144 e. The zero-order valence-electron chi connectivity index (χ0n) is 7.47. The van der Waals surface area contributed by atoms with Crippen LogP contribution in [0.1, 0.15) is 5.56 Å². The molecule has 0 spiro atoms. The molecular weight excluding hydrogens is 180 g/mol. The second kappa shape index (κ2) is 3.49. The molecule has 1 atom stereocenters. The van der Waals surface area contributed by atoms with E-state index < -0.39 is 0 Å². The van der Waals surface area contributed by atoms with E-state index in [0.29, 0.717) is 17.9 Å². The van der Waals surface area contributed by atoms with Gasteiger partial charge in [0.25, 0.3) is 0 Å². The summed E-state index contributed by atoms with van der Waals surface area (Å²) in [4.78, 5) is 14.6. The largest absolute Gasteiger partial charge is 0.507 e. The predicted molar refractivity (Wildman–Crippen MR) is 52.5 cm³/mol. The Labute approximate surface area is 81.3 Å². The number of rotatable bonds is 2. The van der Waals surface area contributed by atoms with Crippen LogP contribution in [0.2, 0.25) is 0 Å². The van der Waals surface area contributed by atoms with Gasteiger partial charge in [0.05, 0.1) is 12.1 Å². The second-order valence-corrected chi connectivity index (χ2v) is 3.09. The van der Waals surface area contributed by atoms with Crippen molar-refractivity contribution in [2.45, 2.75) is 6.04 Å². The maximum atomic E-state index is 10.5. The van der Waals surface area contributed by atoms with Gasteiger partial charge in [0.2, 0.25) is 0 Å². The molecule has 0 bridgehead atoms. The molecule has 0 amide bonds. The average Bonchev–Trinajstić information content (AvgIpc) is 2.67. The predicted octanol–water partition coefficient (Wildman–Crippen LogP) is 0.309. The van der Waals surface area contributed by atoms with Crippen molar-refractivity contribution in [1.82, 2.24) is 5.32 Å². The molecule has 1 aromatic carbocycles. The van der Waals surface area contributed by atoms with E-state index in [2.05, 4.69) is 10.3 Å². The van der Waals surface area contributed by atoms with E-state index in [1.807, 2.05) is 6.07 Å². The van der Waals surface area contributed by atoms with Crippen LogP contribution in [0.4, 0.5) is 0 Å². The fourth-order valence-electron chi connectivity index (χ4n) is 1.37. The molecular formula is C10H10N2O2. The van der Waals surface area contributed by atoms with Crippen molar-refractivity contribution in [3.05, 3.63) is 29.8 Å². The number of hydrogen-bond donors (Lipinski definition) is 2. The average molecular weight is 190 g/mol. The molecule has 0 radical (unpaired) electrons. The molecule has 4 heteroatoms. The van der Waals surface area contributed by atoms with Gasteiger partial charge in [-0.3, -0.25) is 4.99 Å². The van der Waals surface area contributed by atoms with Crippen molar-refractivity contribution < 1.29 is 9.90 Å². The van der Waals surface area contributed by atoms with Gasteiger partial charge in [-0.05, 0) is 12.1 Å². The molecule has 1 unspecified atom stereocenters. The lowest BCUT2D eigenvalue weighted by molar-refractivity contribution is -0.108. The number of nitrogens with one attached hydrogen (secondary N) is 1. The molecule has 1 heterocycles. The van der Waals surface area contributed by atoms with Gasteiger partial charge >= 0.3 is 0 Å². The van der Waals surface area contributed by atoms with Crippen molar-refractivity contribution in [3.8, 4) is 5.75 Å². The Bertz CT molecular complexity index is 387. The van der Waals surface area contributed by atoms with Gasteiger partial charge in [-0.25, -0.2) is 0 Å². The molecule has 0 fully saturated rings. The van der Waals surface area contributed by atoms with Crippen molar-refractivity contribution >= 4 is 12.1 Å². The zero-order chi connectivity index (χ0) is 9.97. The number of aldehydes is 1. The molecule has 4 nitrogen and oxygen atoms in total. The summed E-state index contributed by atoms with van der Waals surface area (Å²) in [6, 6.07) is 6.64. The van der Waals surface area contributed by atoms with E-state index in [4.69, 9.17) is 0 Å². The quantitative estimate of drug-likeness (QED) is 0.660. The van der Waals surface area contributed by atoms with Crippen LogP contribution in [0.25, 0.3) is 0 Å². The summed E-state index contributed by atoms with van der Waals surface area (Å²) in [5.41, 5.74) is 0.636. The third-order valence-corrected chi connectivity index (χ3v) is 2.09. The maximum absolute atomic E-state index is 10.5. The third-order valence-electron chi connectivity index (χ3n) is 2.09. The first-order valence-electron chi connectivity index (χ1n) is 4.36. The number of phenols is 1.